The van der Waals surface area contributed by atoms with Gasteiger partial charge in [0.15, 0.2) is 0 Å². The van der Waals surface area contributed by atoms with E-state index < -0.39 is 0 Å². The number of furan rings is 1. The molecule has 1 atom stereocenters. The Morgan fingerprint density at radius 1 is 0.650 bits per heavy atom. The molecule has 8 aromatic rings. The average molecular weight is 530 g/mol. The number of thiophene rings is 1. The van der Waals surface area contributed by atoms with Crippen LogP contribution in [0.15, 0.2) is 126 Å². The third-order valence-electron chi connectivity index (χ3n) is 8.67. The molecule has 0 saturated carbocycles. The SMILES string of the molecule is C1=CC2=[N+](c3ccc4sc5ccccc5c4c3)c3cccc4c5cc6oc7ccccc7c6cc5n(c34)C2C=C1. The van der Waals surface area contributed by atoms with Crippen molar-refractivity contribution in [3.8, 4) is 0 Å². The van der Waals surface area contributed by atoms with Crippen LogP contribution in [0.4, 0.5) is 11.4 Å². The highest BCUT2D eigenvalue weighted by atomic mass is 32.1. The monoisotopic (exact) mass is 529 g/mol. The van der Waals surface area contributed by atoms with Gasteiger partial charge < -0.3 is 8.98 Å². The Balaban J connectivity index is 1.32. The number of para-hydroxylation sites is 2. The van der Waals surface area contributed by atoms with Crippen molar-refractivity contribution < 1.29 is 4.42 Å². The molecule has 0 radical (unpaired) electrons. The fraction of sp³-hybridized carbons (Fsp3) is 0.0278. The Bertz CT molecular complexity index is 2500. The predicted molar refractivity (Wildman–Crippen MR) is 170 cm³/mol. The quantitative estimate of drug-likeness (QED) is 0.194. The lowest BCUT2D eigenvalue weighted by Gasteiger charge is -2.24. The maximum atomic E-state index is 6.31. The fourth-order valence-corrected chi connectivity index (χ4v) is 8.08. The molecule has 0 bridgehead atoms. The Labute approximate surface area is 232 Å². The van der Waals surface area contributed by atoms with Crippen molar-refractivity contribution in [3.63, 3.8) is 0 Å². The molecule has 3 nitrogen and oxygen atoms in total. The van der Waals surface area contributed by atoms with Gasteiger partial charge in [0.05, 0.1) is 5.52 Å². The fourth-order valence-electron chi connectivity index (χ4n) is 6.99. The van der Waals surface area contributed by atoms with Gasteiger partial charge in [-0.2, -0.15) is 4.58 Å². The molecule has 4 heteroatoms. The number of rotatable bonds is 1. The molecule has 10 rings (SSSR count). The van der Waals surface area contributed by atoms with E-state index in [9.17, 15) is 0 Å². The van der Waals surface area contributed by atoms with Crippen molar-refractivity contribution in [2.24, 2.45) is 0 Å². The zero-order chi connectivity index (χ0) is 25.9. The average Bonchev–Trinajstić information content (AvgIpc) is 3.66. The first-order valence-electron chi connectivity index (χ1n) is 13.6. The zero-order valence-electron chi connectivity index (χ0n) is 21.3. The summed E-state index contributed by atoms with van der Waals surface area (Å²) in [5.41, 5.74) is 8.04. The molecule has 1 aliphatic carbocycles. The minimum Gasteiger partial charge on any atom is -0.456 e. The first kappa shape index (κ1) is 21.0. The molecule has 4 heterocycles. The van der Waals surface area contributed by atoms with Crippen molar-refractivity contribution in [1.29, 1.82) is 0 Å². The van der Waals surface area contributed by atoms with Crippen LogP contribution in [0.1, 0.15) is 6.04 Å². The summed E-state index contributed by atoms with van der Waals surface area (Å²) in [5, 5.41) is 7.45. The van der Waals surface area contributed by atoms with Crippen LogP contribution in [0.25, 0.3) is 63.9 Å². The van der Waals surface area contributed by atoms with Gasteiger partial charge in [0.2, 0.25) is 17.1 Å². The van der Waals surface area contributed by atoms with Gasteiger partial charge in [0.25, 0.3) is 0 Å². The second-order valence-electron chi connectivity index (χ2n) is 10.7. The Kier molecular flexibility index (Phi) is 3.87. The van der Waals surface area contributed by atoms with Crippen LogP contribution in [-0.4, -0.2) is 10.3 Å². The Morgan fingerprint density at radius 3 is 2.48 bits per heavy atom. The maximum absolute atomic E-state index is 6.31. The van der Waals surface area contributed by atoms with Gasteiger partial charge in [-0.1, -0.05) is 66.8 Å². The summed E-state index contributed by atoms with van der Waals surface area (Å²) in [6, 6.07) is 35.4. The van der Waals surface area contributed by atoms with E-state index in [-0.39, 0.29) is 6.04 Å². The standard InChI is InChI=1S/C36H21N2OS/c1-5-14-32-22(8-1)26-19-31-25(20-33(26)39-32)24-10-7-13-30-36(24)38(31)29-12-4-3-11-28(29)37(30)21-16-17-35-27(18-21)23-9-2-6-15-34(23)40-35/h1-20,29H/q+1. The van der Waals surface area contributed by atoms with Crippen LogP contribution < -0.4 is 4.58 Å². The van der Waals surface area contributed by atoms with E-state index in [0.717, 1.165) is 21.9 Å². The van der Waals surface area contributed by atoms with E-state index >= 15 is 0 Å². The van der Waals surface area contributed by atoms with Gasteiger partial charge in [0, 0.05) is 66.0 Å². The molecular weight excluding hydrogens is 508 g/mol. The van der Waals surface area contributed by atoms with Crippen molar-refractivity contribution in [2.75, 3.05) is 0 Å². The summed E-state index contributed by atoms with van der Waals surface area (Å²) in [6.45, 7) is 0. The van der Waals surface area contributed by atoms with Crippen LogP contribution in [0.2, 0.25) is 0 Å². The number of fused-ring (bicyclic) bond motifs is 11. The molecular formula is C36H21N2OS+. The lowest BCUT2D eigenvalue weighted by molar-refractivity contribution is 0.669. The maximum Gasteiger partial charge on any atom is 0.235 e. The van der Waals surface area contributed by atoms with Gasteiger partial charge in [-0.25, -0.2) is 0 Å². The third-order valence-corrected chi connectivity index (χ3v) is 9.82. The highest BCUT2D eigenvalue weighted by Crippen LogP contribution is 2.46. The van der Waals surface area contributed by atoms with Gasteiger partial charge in [0.1, 0.15) is 22.7 Å². The van der Waals surface area contributed by atoms with Gasteiger partial charge >= 0.3 is 0 Å². The summed E-state index contributed by atoms with van der Waals surface area (Å²) in [5.74, 6) is 0. The number of aromatic nitrogens is 1. The molecule has 40 heavy (non-hydrogen) atoms. The van der Waals surface area contributed by atoms with E-state index in [1.54, 1.807) is 0 Å². The van der Waals surface area contributed by atoms with Gasteiger partial charge in [-0.3, -0.25) is 0 Å². The van der Waals surface area contributed by atoms with E-state index in [0.29, 0.717) is 0 Å². The smallest absolute Gasteiger partial charge is 0.235 e. The summed E-state index contributed by atoms with van der Waals surface area (Å²) >= 11 is 1.86. The van der Waals surface area contributed by atoms with Gasteiger partial charge in [-0.05, 0) is 30.3 Å². The molecule has 0 fully saturated rings. The summed E-state index contributed by atoms with van der Waals surface area (Å²) in [7, 11) is 0. The minimum absolute atomic E-state index is 0.0884. The molecule has 0 saturated heterocycles. The van der Waals surface area contributed by atoms with E-state index in [2.05, 4.69) is 124 Å². The zero-order valence-corrected chi connectivity index (χ0v) is 22.2. The first-order chi connectivity index (χ1) is 19.8. The summed E-state index contributed by atoms with van der Waals surface area (Å²) in [6.07, 6.45) is 8.95. The molecule has 0 spiro atoms. The van der Waals surface area contributed by atoms with Crippen LogP contribution in [0, 0.1) is 0 Å². The van der Waals surface area contributed by atoms with Crippen LogP contribution in [-0.2, 0) is 0 Å². The largest absolute Gasteiger partial charge is 0.456 e. The van der Waals surface area contributed by atoms with Crippen molar-refractivity contribution >= 4 is 92.3 Å². The van der Waals surface area contributed by atoms with E-state index in [4.69, 9.17) is 4.42 Å². The number of hydrogen-bond donors (Lipinski definition) is 0. The molecule has 2 aliphatic rings. The van der Waals surface area contributed by atoms with Crippen molar-refractivity contribution in [1.82, 2.24) is 9.14 Å². The summed E-state index contributed by atoms with van der Waals surface area (Å²) in [4.78, 5) is 0. The number of hydrogen-bond acceptors (Lipinski definition) is 2. The number of nitrogens with zero attached hydrogens (tertiary/aromatic N) is 2. The number of allylic oxidation sites excluding steroid dienone is 4. The lowest BCUT2D eigenvalue weighted by atomic mass is 10.0. The second kappa shape index (κ2) is 7.38. The highest BCUT2D eigenvalue weighted by molar-refractivity contribution is 7.25. The molecule has 1 unspecified atom stereocenters. The minimum atomic E-state index is 0.0884. The van der Waals surface area contributed by atoms with Gasteiger partial charge in [-0.15, -0.1) is 11.3 Å². The Morgan fingerprint density at radius 2 is 1.50 bits per heavy atom. The van der Waals surface area contributed by atoms with Crippen LogP contribution in [0.5, 0.6) is 0 Å². The van der Waals surface area contributed by atoms with Crippen molar-refractivity contribution in [2.45, 2.75) is 6.04 Å². The summed E-state index contributed by atoms with van der Waals surface area (Å²) < 4.78 is 14.0. The molecule has 3 aromatic heterocycles. The molecule has 186 valence electrons. The molecule has 0 N–H and O–H groups in total. The van der Waals surface area contributed by atoms with E-state index in [1.807, 2.05) is 17.4 Å². The lowest BCUT2D eigenvalue weighted by Crippen LogP contribution is -2.30. The molecule has 1 aliphatic heterocycles. The van der Waals surface area contributed by atoms with Crippen LogP contribution in [0.3, 0.4) is 0 Å². The van der Waals surface area contributed by atoms with Crippen LogP contribution >= 0.6 is 11.3 Å². The predicted octanol–water partition coefficient (Wildman–Crippen LogP) is 10.0. The Hall–Kier alpha value is -4.93. The first-order valence-corrected chi connectivity index (χ1v) is 14.5. The topological polar surface area (TPSA) is 21.1 Å². The van der Waals surface area contributed by atoms with E-state index in [1.165, 1.54) is 59.1 Å². The number of benzene rings is 5. The van der Waals surface area contributed by atoms with Crippen molar-refractivity contribution in [3.05, 3.63) is 121 Å². The highest BCUT2D eigenvalue weighted by Gasteiger charge is 2.37. The third kappa shape index (κ3) is 2.57. The molecule has 0 amide bonds. The molecule has 5 aromatic carbocycles. The second-order valence-corrected chi connectivity index (χ2v) is 11.8. The normalized spacial score (nSPS) is 16.4.